The van der Waals surface area contributed by atoms with E-state index >= 15 is 0 Å². The number of fused-ring (bicyclic) bond motifs is 1. The lowest BCUT2D eigenvalue weighted by molar-refractivity contribution is -0.127. The molecule has 3 N–H and O–H groups in total. The van der Waals surface area contributed by atoms with Gasteiger partial charge in [-0.05, 0) is 49.4 Å². The average molecular weight is 274 g/mol. The Balaban J connectivity index is 2.04. The molecule has 0 aromatic heterocycles. The Labute approximate surface area is 120 Å². The van der Waals surface area contributed by atoms with Gasteiger partial charge in [0.1, 0.15) is 5.75 Å². The van der Waals surface area contributed by atoms with E-state index in [1.165, 1.54) is 5.56 Å². The number of amides is 1. The molecule has 0 bridgehead atoms. The van der Waals surface area contributed by atoms with Crippen molar-refractivity contribution in [1.29, 1.82) is 0 Å². The zero-order chi connectivity index (χ0) is 14.5. The topological polar surface area (TPSA) is 64.3 Å². The van der Waals surface area contributed by atoms with Crippen LogP contribution < -0.4 is 15.8 Å². The van der Waals surface area contributed by atoms with Crippen molar-refractivity contribution in [2.75, 3.05) is 6.54 Å². The number of nitrogens with two attached hydrogens (primary N) is 1. The molecular formula is C16H22N2O2. The van der Waals surface area contributed by atoms with Gasteiger partial charge in [0, 0.05) is 12.6 Å². The Bertz CT molecular complexity index is 499. The third-order valence-electron chi connectivity index (χ3n) is 3.58. The summed E-state index contributed by atoms with van der Waals surface area (Å²) in [4.78, 5) is 11.8. The van der Waals surface area contributed by atoms with Crippen LogP contribution in [0.15, 0.2) is 30.9 Å². The molecule has 2 atom stereocenters. The molecule has 0 radical (unpaired) electrons. The number of carbonyl (C=O) groups is 1. The molecule has 0 spiro atoms. The second-order valence-electron chi connectivity index (χ2n) is 5.15. The van der Waals surface area contributed by atoms with Crippen molar-refractivity contribution in [2.45, 2.75) is 38.3 Å². The minimum atomic E-state index is -0.534. The molecule has 2 rings (SSSR count). The van der Waals surface area contributed by atoms with Crippen molar-refractivity contribution in [3.63, 3.8) is 0 Å². The number of ether oxygens (including phenoxy) is 1. The smallest absolute Gasteiger partial charge is 0.261 e. The Hall–Kier alpha value is -1.81. The van der Waals surface area contributed by atoms with Gasteiger partial charge >= 0.3 is 0 Å². The van der Waals surface area contributed by atoms with Crippen LogP contribution >= 0.6 is 0 Å². The SMILES string of the molecule is C=CCNC(=O)C(C)Oc1ccc2c(c1)[C@H](N)CCC2. The Morgan fingerprint density at radius 2 is 2.45 bits per heavy atom. The maximum absolute atomic E-state index is 11.8. The van der Waals surface area contributed by atoms with Crippen LogP contribution in [-0.4, -0.2) is 18.6 Å². The Morgan fingerprint density at radius 3 is 3.20 bits per heavy atom. The van der Waals surface area contributed by atoms with Crippen LogP contribution in [0.4, 0.5) is 0 Å². The fourth-order valence-electron chi connectivity index (χ4n) is 2.46. The van der Waals surface area contributed by atoms with Crippen LogP contribution in [0.1, 0.15) is 36.9 Å². The van der Waals surface area contributed by atoms with E-state index in [1.54, 1.807) is 13.0 Å². The molecule has 4 nitrogen and oxygen atoms in total. The molecule has 20 heavy (non-hydrogen) atoms. The van der Waals surface area contributed by atoms with Crippen molar-refractivity contribution in [3.8, 4) is 5.75 Å². The van der Waals surface area contributed by atoms with Crippen LogP contribution in [0.5, 0.6) is 5.75 Å². The third kappa shape index (κ3) is 3.39. The molecule has 0 aliphatic heterocycles. The molecule has 0 saturated carbocycles. The molecule has 1 aromatic rings. The van der Waals surface area contributed by atoms with Gasteiger partial charge in [0.15, 0.2) is 6.10 Å². The number of benzene rings is 1. The summed E-state index contributed by atoms with van der Waals surface area (Å²) in [5.41, 5.74) is 8.56. The number of hydrogen-bond acceptors (Lipinski definition) is 3. The molecule has 1 unspecified atom stereocenters. The number of rotatable bonds is 5. The van der Waals surface area contributed by atoms with Crippen molar-refractivity contribution < 1.29 is 9.53 Å². The summed E-state index contributed by atoms with van der Waals surface area (Å²) in [5.74, 6) is 0.550. The molecule has 1 aliphatic rings. The van der Waals surface area contributed by atoms with Crippen LogP contribution in [0, 0.1) is 0 Å². The van der Waals surface area contributed by atoms with Crippen molar-refractivity contribution in [2.24, 2.45) is 5.73 Å². The summed E-state index contributed by atoms with van der Waals surface area (Å²) < 4.78 is 5.69. The highest BCUT2D eigenvalue weighted by Gasteiger charge is 2.19. The molecule has 1 aromatic carbocycles. The second-order valence-corrected chi connectivity index (χ2v) is 5.15. The lowest BCUT2D eigenvalue weighted by Crippen LogP contribution is -2.36. The quantitative estimate of drug-likeness (QED) is 0.808. The predicted molar refractivity (Wildman–Crippen MR) is 79.6 cm³/mol. The number of nitrogens with one attached hydrogen (secondary N) is 1. The first-order valence-electron chi connectivity index (χ1n) is 7.05. The van der Waals surface area contributed by atoms with Crippen molar-refractivity contribution in [1.82, 2.24) is 5.32 Å². The van der Waals surface area contributed by atoms with E-state index in [-0.39, 0.29) is 11.9 Å². The van der Waals surface area contributed by atoms with E-state index < -0.39 is 6.10 Å². The van der Waals surface area contributed by atoms with Gasteiger partial charge in [-0.25, -0.2) is 0 Å². The van der Waals surface area contributed by atoms with E-state index in [0.29, 0.717) is 12.3 Å². The van der Waals surface area contributed by atoms with Gasteiger partial charge in [-0.1, -0.05) is 12.1 Å². The van der Waals surface area contributed by atoms with Crippen LogP contribution in [-0.2, 0) is 11.2 Å². The van der Waals surface area contributed by atoms with Gasteiger partial charge < -0.3 is 15.8 Å². The first kappa shape index (κ1) is 14.6. The van der Waals surface area contributed by atoms with Gasteiger partial charge in [0.25, 0.3) is 5.91 Å². The summed E-state index contributed by atoms with van der Waals surface area (Å²) in [6.07, 6.45) is 4.31. The lowest BCUT2D eigenvalue weighted by Gasteiger charge is -2.23. The largest absolute Gasteiger partial charge is 0.481 e. The zero-order valence-electron chi connectivity index (χ0n) is 11.9. The number of aryl methyl sites for hydroxylation is 1. The normalized spacial score (nSPS) is 18.8. The highest BCUT2D eigenvalue weighted by atomic mass is 16.5. The van der Waals surface area contributed by atoms with Crippen LogP contribution in [0.3, 0.4) is 0 Å². The summed E-state index contributed by atoms with van der Waals surface area (Å²) in [5, 5.41) is 2.72. The number of hydrogen-bond donors (Lipinski definition) is 2. The zero-order valence-corrected chi connectivity index (χ0v) is 11.9. The summed E-state index contributed by atoms with van der Waals surface area (Å²) in [6.45, 7) is 5.74. The minimum Gasteiger partial charge on any atom is -0.481 e. The second kappa shape index (κ2) is 6.57. The summed E-state index contributed by atoms with van der Waals surface area (Å²) in [7, 11) is 0. The first-order valence-corrected chi connectivity index (χ1v) is 7.05. The van der Waals surface area contributed by atoms with E-state index in [2.05, 4.69) is 18.0 Å². The molecule has 1 amide bonds. The van der Waals surface area contributed by atoms with Gasteiger partial charge in [-0.3, -0.25) is 4.79 Å². The molecule has 1 aliphatic carbocycles. The van der Waals surface area contributed by atoms with E-state index in [9.17, 15) is 4.79 Å². The summed E-state index contributed by atoms with van der Waals surface area (Å²) >= 11 is 0. The molecule has 0 saturated heterocycles. The van der Waals surface area contributed by atoms with Crippen molar-refractivity contribution in [3.05, 3.63) is 42.0 Å². The highest BCUT2D eigenvalue weighted by molar-refractivity contribution is 5.80. The highest BCUT2D eigenvalue weighted by Crippen LogP contribution is 2.31. The molecule has 0 heterocycles. The van der Waals surface area contributed by atoms with Crippen LogP contribution in [0.2, 0.25) is 0 Å². The summed E-state index contributed by atoms with van der Waals surface area (Å²) in [6, 6.07) is 6.01. The fourth-order valence-corrected chi connectivity index (χ4v) is 2.46. The molecule has 108 valence electrons. The van der Waals surface area contributed by atoms with Crippen molar-refractivity contribution >= 4 is 5.91 Å². The molecule has 0 fully saturated rings. The Kier molecular flexibility index (Phi) is 4.79. The van der Waals surface area contributed by atoms with Gasteiger partial charge in [0.05, 0.1) is 0 Å². The van der Waals surface area contributed by atoms with E-state index in [4.69, 9.17) is 10.5 Å². The van der Waals surface area contributed by atoms with Crippen LogP contribution in [0.25, 0.3) is 0 Å². The fraction of sp³-hybridized carbons (Fsp3) is 0.438. The monoisotopic (exact) mass is 274 g/mol. The predicted octanol–water partition coefficient (Wildman–Crippen LogP) is 2.09. The first-order chi connectivity index (χ1) is 9.61. The molecule has 4 heteroatoms. The van der Waals surface area contributed by atoms with E-state index in [1.807, 2.05) is 12.1 Å². The minimum absolute atomic E-state index is 0.0761. The molecular weight excluding hydrogens is 252 g/mol. The van der Waals surface area contributed by atoms with Gasteiger partial charge in [0.2, 0.25) is 0 Å². The maximum Gasteiger partial charge on any atom is 0.261 e. The number of carbonyl (C=O) groups excluding carboxylic acids is 1. The van der Waals surface area contributed by atoms with Gasteiger partial charge in [-0.2, -0.15) is 0 Å². The van der Waals surface area contributed by atoms with E-state index in [0.717, 1.165) is 24.8 Å². The third-order valence-corrected chi connectivity index (χ3v) is 3.58. The standard InChI is InChI=1S/C16H22N2O2/c1-3-9-18-16(19)11(2)20-13-8-7-12-5-4-6-15(17)14(12)10-13/h3,7-8,10-11,15H,1,4-6,9,17H2,2H3,(H,18,19)/t11?,15-/m1/s1. The lowest BCUT2D eigenvalue weighted by atomic mass is 9.88. The Morgan fingerprint density at radius 1 is 1.65 bits per heavy atom. The maximum atomic E-state index is 11.8. The average Bonchev–Trinajstić information content (AvgIpc) is 2.45. The van der Waals surface area contributed by atoms with Gasteiger partial charge in [-0.15, -0.1) is 6.58 Å².